The zero-order valence-corrected chi connectivity index (χ0v) is 13.4. The van der Waals surface area contributed by atoms with E-state index in [1.807, 2.05) is 6.92 Å². The molecule has 0 aliphatic heterocycles. The highest BCUT2D eigenvalue weighted by Gasteiger charge is 2.11. The van der Waals surface area contributed by atoms with Crippen molar-refractivity contribution in [3.05, 3.63) is 44.3 Å². The molecule has 2 amide bonds. The predicted molar refractivity (Wildman–Crippen MR) is 83.8 cm³/mol. The highest BCUT2D eigenvalue weighted by atomic mass is 79.9. The molecule has 0 radical (unpaired) electrons. The van der Waals surface area contributed by atoms with Crippen LogP contribution in [0.5, 0.6) is 0 Å². The minimum atomic E-state index is -1.06. The summed E-state index contributed by atoms with van der Waals surface area (Å²) >= 11 is 4.62. The fourth-order valence-electron chi connectivity index (χ4n) is 1.60. The maximum absolute atomic E-state index is 11.8. The average Bonchev–Trinajstić information content (AvgIpc) is 2.84. The number of carboxylic acids is 1. The van der Waals surface area contributed by atoms with Crippen LogP contribution in [0, 0.1) is 6.92 Å². The molecule has 0 atom stereocenters. The maximum atomic E-state index is 11.8. The second-order valence-electron chi connectivity index (χ2n) is 4.17. The van der Waals surface area contributed by atoms with E-state index >= 15 is 0 Å². The Morgan fingerprint density at radius 2 is 2.19 bits per heavy atom. The van der Waals surface area contributed by atoms with Gasteiger partial charge in [-0.2, -0.15) is 0 Å². The third kappa shape index (κ3) is 4.02. The first-order valence-electron chi connectivity index (χ1n) is 5.94. The van der Waals surface area contributed by atoms with Crippen molar-refractivity contribution in [2.45, 2.75) is 13.5 Å². The van der Waals surface area contributed by atoms with Crippen LogP contribution in [0.25, 0.3) is 0 Å². The number of amides is 2. The van der Waals surface area contributed by atoms with Gasteiger partial charge in [-0.25, -0.2) is 14.6 Å². The summed E-state index contributed by atoms with van der Waals surface area (Å²) in [6.07, 6.45) is 0. The molecule has 8 heteroatoms. The number of carbonyl (C=O) groups excluding carboxylic acids is 1. The smallest absolute Gasteiger partial charge is 0.336 e. The summed E-state index contributed by atoms with van der Waals surface area (Å²) in [4.78, 5) is 27.9. The van der Waals surface area contributed by atoms with Crippen molar-refractivity contribution < 1.29 is 14.7 Å². The number of anilines is 1. The van der Waals surface area contributed by atoms with Crippen LogP contribution >= 0.6 is 27.3 Å². The lowest BCUT2D eigenvalue weighted by molar-refractivity contribution is 0.0696. The molecule has 2 aromatic rings. The van der Waals surface area contributed by atoms with E-state index in [0.717, 1.165) is 10.6 Å². The monoisotopic (exact) mass is 369 g/mol. The van der Waals surface area contributed by atoms with Crippen molar-refractivity contribution in [2.24, 2.45) is 0 Å². The van der Waals surface area contributed by atoms with Gasteiger partial charge in [-0.3, -0.25) is 0 Å². The van der Waals surface area contributed by atoms with Gasteiger partial charge in [-0.1, -0.05) is 0 Å². The molecule has 0 saturated carbocycles. The molecule has 110 valence electrons. The number of aromatic nitrogens is 1. The van der Waals surface area contributed by atoms with Gasteiger partial charge in [0, 0.05) is 15.0 Å². The number of aryl methyl sites for hydroxylation is 1. The standard InChI is InChI=1S/C13H12BrN3O3S/c1-7-11(21-6-16-7)5-15-13(20)17-8-2-3-10(14)9(4-8)12(18)19/h2-4,6H,5H2,1H3,(H,18,19)(H2,15,17,20). The number of nitrogens with one attached hydrogen (secondary N) is 2. The Balaban J connectivity index is 1.98. The summed E-state index contributed by atoms with van der Waals surface area (Å²) < 4.78 is 0.459. The number of benzene rings is 1. The molecule has 0 aliphatic carbocycles. The second-order valence-corrected chi connectivity index (χ2v) is 5.96. The van der Waals surface area contributed by atoms with Crippen molar-refractivity contribution in [1.29, 1.82) is 0 Å². The van der Waals surface area contributed by atoms with Crippen LogP contribution in [-0.4, -0.2) is 22.1 Å². The number of carbonyl (C=O) groups is 2. The van der Waals surface area contributed by atoms with Crippen molar-refractivity contribution in [3.63, 3.8) is 0 Å². The van der Waals surface area contributed by atoms with Crippen LogP contribution in [0.15, 0.2) is 28.2 Å². The van der Waals surface area contributed by atoms with Crippen molar-refractivity contribution in [2.75, 3.05) is 5.32 Å². The molecule has 0 fully saturated rings. The number of halogens is 1. The average molecular weight is 370 g/mol. The SMILES string of the molecule is Cc1ncsc1CNC(=O)Nc1ccc(Br)c(C(=O)O)c1. The van der Waals surface area contributed by atoms with E-state index in [1.54, 1.807) is 17.6 Å². The Morgan fingerprint density at radius 1 is 1.43 bits per heavy atom. The molecule has 3 N–H and O–H groups in total. The maximum Gasteiger partial charge on any atom is 0.336 e. The zero-order valence-electron chi connectivity index (χ0n) is 11.0. The fraction of sp³-hybridized carbons (Fsp3) is 0.154. The number of hydrogen-bond donors (Lipinski definition) is 3. The molecular weight excluding hydrogens is 358 g/mol. The van der Waals surface area contributed by atoms with Gasteiger partial charge in [-0.05, 0) is 41.1 Å². The molecule has 0 aliphatic rings. The fourth-order valence-corrected chi connectivity index (χ4v) is 2.73. The number of rotatable bonds is 4. The van der Waals surface area contributed by atoms with E-state index in [2.05, 4.69) is 31.5 Å². The number of aromatic carboxylic acids is 1. The Hall–Kier alpha value is -1.93. The van der Waals surface area contributed by atoms with Crippen molar-refractivity contribution in [3.8, 4) is 0 Å². The highest BCUT2D eigenvalue weighted by molar-refractivity contribution is 9.10. The van der Waals surface area contributed by atoms with E-state index in [-0.39, 0.29) is 5.56 Å². The topological polar surface area (TPSA) is 91.3 Å². The lowest BCUT2D eigenvalue weighted by Gasteiger charge is -2.08. The van der Waals surface area contributed by atoms with Crippen LogP contribution < -0.4 is 10.6 Å². The molecule has 0 saturated heterocycles. The molecule has 2 rings (SSSR count). The van der Waals surface area contributed by atoms with Gasteiger partial charge < -0.3 is 15.7 Å². The van der Waals surface area contributed by atoms with Crippen LogP contribution in [-0.2, 0) is 6.54 Å². The van der Waals surface area contributed by atoms with E-state index in [4.69, 9.17) is 5.11 Å². The first kappa shape index (κ1) is 15.5. The van der Waals surface area contributed by atoms with E-state index in [0.29, 0.717) is 16.7 Å². The third-order valence-electron chi connectivity index (χ3n) is 2.71. The molecule has 1 heterocycles. The lowest BCUT2D eigenvalue weighted by Crippen LogP contribution is -2.28. The second kappa shape index (κ2) is 6.68. The van der Waals surface area contributed by atoms with Crippen LogP contribution in [0.1, 0.15) is 20.9 Å². The summed E-state index contributed by atoms with van der Waals surface area (Å²) in [5.41, 5.74) is 3.11. The largest absolute Gasteiger partial charge is 0.478 e. The van der Waals surface area contributed by atoms with Gasteiger partial charge in [-0.15, -0.1) is 11.3 Å². The van der Waals surface area contributed by atoms with Gasteiger partial charge in [0.1, 0.15) is 0 Å². The minimum Gasteiger partial charge on any atom is -0.478 e. The van der Waals surface area contributed by atoms with Gasteiger partial charge >= 0.3 is 12.0 Å². The predicted octanol–water partition coefficient (Wildman–Crippen LogP) is 3.23. The van der Waals surface area contributed by atoms with Crippen LogP contribution in [0.3, 0.4) is 0 Å². The Morgan fingerprint density at radius 3 is 2.81 bits per heavy atom. The highest BCUT2D eigenvalue weighted by Crippen LogP contribution is 2.21. The summed E-state index contributed by atoms with van der Waals surface area (Å²) in [5, 5.41) is 14.3. The molecule has 1 aromatic carbocycles. The Bertz CT molecular complexity index is 687. The Labute approximate surface area is 133 Å². The summed E-state index contributed by atoms with van der Waals surface area (Å²) in [5.74, 6) is -1.06. The lowest BCUT2D eigenvalue weighted by atomic mass is 10.2. The number of carboxylic acid groups (broad SMARTS) is 1. The molecule has 0 bridgehead atoms. The third-order valence-corrected chi connectivity index (χ3v) is 4.34. The molecule has 6 nitrogen and oxygen atoms in total. The molecular formula is C13H12BrN3O3S. The summed E-state index contributed by atoms with van der Waals surface area (Å²) in [6.45, 7) is 2.25. The zero-order chi connectivity index (χ0) is 15.4. The normalized spacial score (nSPS) is 10.2. The van der Waals surface area contributed by atoms with Gasteiger partial charge in [0.25, 0.3) is 0 Å². The van der Waals surface area contributed by atoms with E-state index in [1.165, 1.54) is 17.4 Å². The molecule has 1 aromatic heterocycles. The summed E-state index contributed by atoms with van der Waals surface area (Å²) in [7, 11) is 0. The first-order chi connectivity index (χ1) is 9.97. The van der Waals surface area contributed by atoms with Gasteiger partial charge in [0.2, 0.25) is 0 Å². The van der Waals surface area contributed by atoms with Crippen molar-refractivity contribution in [1.82, 2.24) is 10.3 Å². The molecule has 0 unspecified atom stereocenters. The summed E-state index contributed by atoms with van der Waals surface area (Å²) in [6, 6.07) is 4.19. The van der Waals surface area contributed by atoms with Gasteiger partial charge in [0.05, 0.1) is 23.3 Å². The first-order valence-corrected chi connectivity index (χ1v) is 7.61. The number of nitrogens with zero attached hydrogens (tertiary/aromatic N) is 1. The molecule has 21 heavy (non-hydrogen) atoms. The molecule has 0 spiro atoms. The Kier molecular flexibility index (Phi) is 4.92. The van der Waals surface area contributed by atoms with E-state index in [9.17, 15) is 9.59 Å². The van der Waals surface area contributed by atoms with Crippen LogP contribution in [0.2, 0.25) is 0 Å². The van der Waals surface area contributed by atoms with E-state index < -0.39 is 12.0 Å². The quantitative estimate of drug-likeness (QED) is 0.771. The minimum absolute atomic E-state index is 0.0890. The number of urea groups is 1. The van der Waals surface area contributed by atoms with Gasteiger partial charge in [0.15, 0.2) is 0 Å². The van der Waals surface area contributed by atoms with Crippen molar-refractivity contribution >= 4 is 45.0 Å². The number of thiazole rings is 1. The van der Waals surface area contributed by atoms with Crippen LogP contribution in [0.4, 0.5) is 10.5 Å². The number of hydrogen-bond acceptors (Lipinski definition) is 4.